The van der Waals surface area contributed by atoms with Crippen LogP contribution in [0.3, 0.4) is 0 Å². The van der Waals surface area contributed by atoms with Gasteiger partial charge in [0.25, 0.3) is 5.91 Å². The SMILES string of the molecule is CCc1ccc(CN(CCC2(C)CCN(C(=O)CNC(=O)c3ccccc3)CC2)c2ccccc2C)cc1. The van der Waals surface area contributed by atoms with E-state index in [0.29, 0.717) is 5.56 Å². The van der Waals surface area contributed by atoms with E-state index in [1.807, 2.05) is 23.1 Å². The maximum Gasteiger partial charge on any atom is 0.251 e. The van der Waals surface area contributed by atoms with Gasteiger partial charge in [-0.15, -0.1) is 0 Å². The largest absolute Gasteiger partial charge is 0.367 e. The number of hydrogen-bond donors (Lipinski definition) is 1. The summed E-state index contributed by atoms with van der Waals surface area (Å²) >= 11 is 0. The second-order valence-corrected chi connectivity index (χ2v) is 10.9. The van der Waals surface area contributed by atoms with Crippen LogP contribution in [0.1, 0.15) is 60.2 Å². The fourth-order valence-corrected chi connectivity index (χ4v) is 5.21. The van der Waals surface area contributed by atoms with Crippen LogP contribution >= 0.6 is 0 Å². The van der Waals surface area contributed by atoms with E-state index < -0.39 is 0 Å². The van der Waals surface area contributed by atoms with Gasteiger partial charge in [0, 0.05) is 37.4 Å². The number of nitrogens with one attached hydrogen (secondary N) is 1. The molecule has 0 bridgehead atoms. The molecule has 1 heterocycles. The van der Waals surface area contributed by atoms with Crippen LogP contribution in [0.5, 0.6) is 0 Å². The number of carbonyl (C=O) groups excluding carboxylic acids is 2. The standard InChI is InChI=1S/C33H41N3O2/c1-4-27-14-16-28(17-15-27)25-36(30-13-9-8-10-26(30)2)23-20-33(3)18-21-35(22-19-33)31(37)24-34-32(38)29-11-6-5-7-12-29/h5-17H,4,18-25H2,1-3H3,(H,34,38). The van der Waals surface area contributed by atoms with E-state index in [9.17, 15) is 9.59 Å². The van der Waals surface area contributed by atoms with Crippen molar-refractivity contribution in [3.63, 3.8) is 0 Å². The van der Waals surface area contributed by atoms with Crippen molar-refractivity contribution in [1.29, 1.82) is 0 Å². The van der Waals surface area contributed by atoms with Crippen molar-refractivity contribution in [2.24, 2.45) is 5.41 Å². The Morgan fingerprint density at radius 2 is 1.53 bits per heavy atom. The highest BCUT2D eigenvalue weighted by Crippen LogP contribution is 2.35. The van der Waals surface area contributed by atoms with E-state index in [1.165, 1.54) is 22.4 Å². The Morgan fingerprint density at radius 3 is 2.18 bits per heavy atom. The summed E-state index contributed by atoms with van der Waals surface area (Å²) in [5.41, 5.74) is 6.03. The van der Waals surface area contributed by atoms with E-state index in [4.69, 9.17) is 0 Å². The zero-order valence-electron chi connectivity index (χ0n) is 23.1. The average Bonchev–Trinajstić information content (AvgIpc) is 2.95. The van der Waals surface area contributed by atoms with Crippen LogP contribution in [-0.2, 0) is 17.8 Å². The van der Waals surface area contributed by atoms with Gasteiger partial charge in [0.2, 0.25) is 5.91 Å². The number of hydrogen-bond acceptors (Lipinski definition) is 3. The maximum absolute atomic E-state index is 12.8. The second-order valence-electron chi connectivity index (χ2n) is 10.9. The summed E-state index contributed by atoms with van der Waals surface area (Å²) in [6.07, 6.45) is 4.07. The highest BCUT2D eigenvalue weighted by atomic mass is 16.2. The van der Waals surface area contributed by atoms with Crippen LogP contribution in [-0.4, -0.2) is 42.9 Å². The summed E-state index contributed by atoms with van der Waals surface area (Å²) in [7, 11) is 0. The number of likely N-dealkylation sites (tertiary alicyclic amines) is 1. The maximum atomic E-state index is 12.8. The highest BCUT2D eigenvalue weighted by Gasteiger charge is 2.32. The Balaban J connectivity index is 1.32. The molecule has 3 aromatic carbocycles. The first kappa shape index (κ1) is 27.4. The van der Waals surface area contributed by atoms with Crippen molar-refractivity contribution >= 4 is 17.5 Å². The minimum Gasteiger partial charge on any atom is -0.367 e. The van der Waals surface area contributed by atoms with Gasteiger partial charge in [0.05, 0.1) is 6.54 Å². The van der Waals surface area contributed by atoms with Gasteiger partial charge in [-0.1, -0.05) is 74.5 Å². The van der Waals surface area contributed by atoms with Crippen LogP contribution < -0.4 is 10.2 Å². The minimum absolute atomic E-state index is 0.00612. The summed E-state index contributed by atoms with van der Waals surface area (Å²) in [5, 5.41) is 2.77. The normalized spacial score (nSPS) is 14.7. The van der Waals surface area contributed by atoms with E-state index >= 15 is 0 Å². The Labute approximate surface area is 227 Å². The topological polar surface area (TPSA) is 52.6 Å². The van der Waals surface area contributed by atoms with Crippen molar-refractivity contribution in [2.75, 3.05) is 31.1 Å². The number of aryl methyl sites for hydroxylation is 2. The molecule has 1 aliphatic rings. The molecule has 2 amide bonds. The zero-order valence-corrected chi connectivity index (χ0v) is 23.1. The van der Waals surface area contributed by atoms with Crippen LogP contribution in [0.4, 0.5) is 5.69 Å². The van der Waals surface area contributed by atoms with E-state index in [-0.39, 0.29) is 23.8 Å². The number of piperidine rings is 1. The predicted molar refractivity (Wildman–Crippen MR) is 155 cm³/mol. The molecule has 0 spiro atoms. The van der Waals surface area contributed by atoms with Crippen molar-refractivity contribution < 1.29 is 9.59 Å². The fraction of sp³-hybridized carbons (Fsp3) is 0.394. The minimum atomic E-state index is -0.207. The highest BCUT2D eigenvalue weighted by molar-refractivity contribution is 5.96. The third-order valence-corrected chi connectivity index (χ3v) is 8.01. The molecule has 3 aromatic rings. The van der Waals surface area contributed by atoms with Crippen LogP contribution in [0, 0.1) is 12.3 Å². The molecular weight excluding hydrogens is 470 g/mol. The number of rotatable bonds is 10. The van der Waals surface area contributed by atoms with Crippen LogP contribution in [0.25, 0.3) is 0 Å². The van der Waals surface area contributed by atoms with Crippen LogP contribution in [0.15, 0.2) is 78.9 Å². The first-order valence-electron chi connectivity index (χ1n) is 13.9. The molecule has 1 saturated heterocycles. The molecule has 0 saturated carbocycles. The molecule has 5 heteroatoms. The summed E-state index contributed by atoms with van der Waals surface area (Å²) in [6, 6.07) is 26.7. The number of nitrogens with zero attached hydrogens (tertiary/aromatic N) is 2. The number of para-hydroxylation sites is 1. The average molecular weight is 512 g/mol. The summed E-state index contributed by atoms with van der Waals surface area (Å²) in [6.45, 7) is 10.1. The molecule has 200 valence electrons. The Bertz CT molecular complexity index is 1200. The summed E-state index contributed by atoms with van der Waals surface area (Å²) in [4.78, 5) is 29.5. The first-order valence-corrected chi connectivity index (χ1v) is 13.9. The lowest BCUT2D eigenvalue weighted by Gasteiger charge is -2.41. The second kappa shape index (κ2) is 12.8. The quantitative estimate of drug-likeness (QED) is 0.363. The van der Waals surface area contributed by atoms with Crippen molar-refractivity contribution in [2.45, 2.75) is 53.0 Å². The number of anilines is 1. The molecule has 4 rings (SSSR count). The lowest BCUT2D eigenvalue weighted by molar-refractivity contribution is -0.132. The monoisotopic (exact) mass is 511 g/mol. The van der Waals surface area contributed by atoms with Gasteiger partial charge in [-0.25, -0.2) is 0 Å². The first-order chi connectivity index (χ1) is 18.4. The van der Waals surface area contributed by atoms with E-state index in [1.54, 1.807) is 12.1 Å². The Kier molecular flexibility index (Phi) is 9.22. The third kappa shape index (κ3) is 7.25. The molecule has 5 nitrogen and oxygen atoms in total. The van der Waals surface area contributed by atoms with Gasteiger partial charge in [-0.2, -0.15) is 0 Å². The molecule has 0 aromatic heterocycles. The van der Waals surface area contributed by atoms with Crippen LogP contribution in [0.2, 0.25) is 0 Å². The molecular formula is C33H41N3O2. The molecule has 1 aliphatic heterocycles. The van der Waals surface area contributed by atoms with Gasteiger partial charge < -0.3 is 15.1 Å². The van der Waals surface area contributed by atoms with Gasteiger partial charge in [0.15, 0.2) is 0 Å². The molecule has 0 aliphatic carbocycles. The lowest BCUT2D eigenvalue weighted by Crippen LogP contribution is -2.46. The zero-order chi connectivity index (χ0) is 27.0. The van der Waals surface area contributed by atoms with Gasteiger partial charge in [-0.05, 0) is 72.9 Å². The Hall–Kier alpha value is -3.60. The smallest absolute Gasteiger partial charge is 0.251 e. The number of benzene rings is 3. The number of carbonyl (C=O) groups is 2. The molecule has 1 fully saturated rings. The van der Waals surface area contributed by atoms with Gasteiger partial charge in [-0.3, -0.25) is 9.59 Å². The molecule has 1 N–H and O–H groups in total. The van der Waals surface area contributed by atoms with E-state index in [2.05, 4.69) is 79.5 Å². The van der Waals surface area contributed by atoms with Crippen molar-refractivity contribution in [3.8, 4) is 0 Å². The van der Waals surface area contributed by atoms with E-state index in [0.717, 1.165) is 51.9 Å². The fourth-order valence-electron chi connectivity index (χ4n) is 5.21. The van der Waals surface area contributed by atoms with Crippen molar-refractivity contribution in [1.82, 2.24) is 10.2 Å². The molecule has 0 atom stereocenters. The van der Waals surface area contributed by atoms with Crippen molar-refractivity contribution in [3.05, 3.63) is 101 Å². The number of amides is 2. The molecule has 38 heavy (non-hydrogen) atoms. The molecule has 0 unspecified atom stereocenters. The summed E-state index contributed by atoms with van der Waals surface area (Å²) in [5.74, 6) is -0.213. The predicted octanol–water partition coefficient (Wildman–Crippen LogP) is 6.01. The van der Waals surface area contributed by atoms with Gasteiger partial charge in [0.1, 0.15) is 0 Å². The third-order valence-electron chi connectivity index (χ3n) is 8.01. The molecule has 0 radical (unpaired) electrons. The van der Waals surface area contributed by atoms with Gasteiger partial charge >= 0.3 is 0 Å². The Morgan fingerprint density at radius 1 is 0.895 bits per heavy atom. The summed E-state index contributed by atoms with van der Waals surface area (Å²) < 4.78 is 0. The lowest BCUT2D eigenvalue weighted by atomic mass is 9.77.